The van der Waals surface area contributed by atoms with Crippen LogP contribution in [0.3, 0.4) is 0 Å². The predicted octanol–water partition coefficient (Wildman–Crippen LogP) is 5.94. The molecule has 36 heavy (non-hydrogen) atoms. The van der Waals surface area contributed by atoms with Crippen LogP contribution < -0.4 is 9.47 Å². The summed E-state index contributed by atoms with van der Waals surface area (Å²) in [5, 5.41) is 2.05. The summed E-state index contributed by atoms with van der Waals surface area (Å²) in [6.45, 7) is 4.75. The lowest BCUT2D eigenvalue weighted by Crippen LogP contribution is -2.23. The first-order valence-corrected chi connectivity index (χ1v) is 13.6. The van der Waals surface area contributed by atoms with Crippen LogP contribution in [0.4, 0.5) is 0 Å². The third kappa shape index (κ3) is 5.16. The molecule has 1 saturated heterocycles. The maximum atomic E-state index is 12.8. The zero-order valence-electron chi connectivity index (χ0n) is 20.9. The predicted molar refractivity (Wildman–Crippen MR) is 139 cm³/mol. The van der Waals surface area contributed by atoms with E-state index in [-0.39, 0.29) is 12.3 Å². The highest BCUT2D eigenvalue weighted by Crippen LogP contribution is 2.45. The second-order valence-corrected chi connectivity index (χ2v) is 9.87. The minimum atomic E-state index is -0.295. The van der Waals surface area contributed by atoms with Crippen LogP contribution in [0, 0.1) is 0 Å². The van der Waals surface area contributed by atoms with Gasteiger partial charge >= 0.3 is 5.97 Å². The molecule has 0 aliphatic carbocycles. The minimum absolute atomic E-state index is 0.0888. The van der Waals surface area contributed by atoms with Gasteiger partial charge in [0.15, 0.2) is 17.8 Å². The number of rotatable bonds is 10. The molecule has 2 aromatic heterocycles. The maximum absolute atomic E-state index is 12.8. The van der Waals surface area contributed by atoms with Crippen molar-refractivity contribution < 1.29 is 28.5 Å². The molecule has 0 amide bonds. The van der Waals surface area contributed by atoms with Crippen LogP contribution in [-0.2, 0) is 27.2 Å². The number of carbonyl (C=O) groups is 1. The third-order valence-electron chi connectivity index (χ3n) is 6.61. The number of hydrogen-bond donors (Lipinski definition) is 0. The molecule has 2 aliphatic heterocycles. The van der Waals surface area contributed by atoms with E-state index in [0.29, 0.717) is 43.6 Å². The van der Waals surface area contributed by atoms with Crippen molar-refractivity contribution in [2.45, 2.75) is 51.9 Å². The average Bonchev–Trinajstić information content (AvgIpc) is 3.57. The SMILES string of the molecule is CCOC(=O)c1cc(-c2cccs2)c2n1CCc1cc(OC)c(OCCCOC3CCCCO3)cc1-2. The summed E-state index contributed by atoms with van der Waals surface area (Å²) < 4.78 is 30.8. The Morgan fingerprint density at radius 1 is 1.17 bits per heavy atom. The zero-order valence-corrected chi connectivity index (χ0v) is 21.7. The van der Waals surface area contributed by atoms with Crippen molar-refractivity contribution in [2.24, 2.45) is 0 Å². The molecule has 0 saturated carbocycles. The number of aromatic nitrogens is 1. The van der Waals surface area contributed by atoms with Crippen molar-refractivity contribution in [3.63, 3.8) is 0 Å². The maximum Gasteiger partial charge on any atom is 0.354 e. The molecule has 3 aromatic rings. The highest BCUT2D eigenvalue weighted by molar-refractivity contribution is 7.13. The fourth-order valence-corrected chi connectivity index (χ4v) is 5.64. The van der Waals surface area contributed by atoms with Crippen molar-refractivity contribution >= 4 is 17.3 Å². The second kappa shape index (κ2) is 11.5. The number of thiophene rings is 1. The van der Waals surface area contributed by atoms with Gasteiger partial charge in [0.2, 0.25) is 0 Å². The van der Waals surface area contributed by atoms with Crippen LogP contribution >= 0.6 is 11.3 Å². The fourth-order valence-electron chi connectivity index (χ4n) is 4.90. The Balaban J connectivity index is 1.40. The van der Waals surface area contributed by atoms with E-state index in [1.165, 1.54) is 5.56 Å². The molecular weight excluding hydrogens is 478 g/mol. The molecule has 0 bridgehead atoms. The summed E-state index contributed by atoms with van der Waals surface area (Å²) in [4.78, 5) is 13.9. The third-order valence-corrected chi connectivity index (χ3v) is 7.51. The number of benzene rings is 1. The molecule has 0 radical (unpaired) electrons. The van der Waals surface area contributed by atoms with Gasteiger partial charge in [-0.1, -0.05) is 6.07 Å². The van der Waals surface area contributed by atoms with E-state index in [9.17, 15) is 4.79 Å². The molecule has 1 aromatic carbocycles. The summed E-state index contributed by atoms with van der Waals surface area (Å²) in [6.07, 6.45) is 4.68. The number of carbonyl (C=O) groups excluding carboxylic acids is 1. The fraction of sp³-hybridized carbons (Fsp3) is 0.464. The van der Waals surface area contributed by atoms with Crippen LogP contribution in [0.2, 0.25) is 0 Å². The lowest BCUT2D eigenvalue weighted by atomic mass is 9.95. The van der Waals surface area contributed by atoms with E-state index in [4.69, 9.17) is 23.7 Å². The van der Waals surface area contributed by atoms with E-state index in [2.05, 4.69) is 28.1 Å². The summed E-state index contributed by atoms with van der Waals surface area (Å²) in [5.74, 6) is 1.11. The first-order valence-electron chi connectivity index (χ1n) is 12.7. The quantitative estimate of drug-likeness (QED) is 0.248. The van der Waals surface area contributed by atoms with Gasteiger partial charge in [0.25, 0.3) is 0 Å². The van der Waals surface area contributed by atoms with Crippen molar-refractivity contribution in [3.8, 4) is 33.2 Å². The number of nitrogens with zero attached hydrogens (tertiary/aromatic N) is 1. The average molecular weight is 512 g/mol. The minimum Gasteiger partial charge on any atom is -0.493 e. The molecular formula is C28H33NO6S. The first kappa shape index (κ1) is 24.9. The standard InChI is InChI=1S/C28H33NO6S/c1-3-32-28(30)22-17-21(25-8-6-15-36-25)27-20-18-24(23(31-2)16-19(20)10-11-29(22)27)33-13-7-14-35-26-9-4-5-12-34-26/h6,8,15-18,26H,3-5,7,9-14H2,1-2H3. The van der Waals surface area contributed by atoms with Crippen LogP contribution in [0.25, 0.3) is 21.7 Å². The van der Waals surface area contributed by atoms with Crippen LogP contribution in [0.5, 0.6) is 11.5 Å². The lowest BCUT2D eigenvalue weighted by molar-refractivity contribution is -0.163. The smallest absolute Gasteiger partial charge is 0.354 e. The van der Waals surface area contributed by atoms with Gasteiger partial charge in [-0.25, -0.2) is 4.79 Å². The zero-order chi connectivity index (χ0) is 24.9. The highest BCUT2D eigenvalue weighted by Gasteiger charge is 2.29. The van der Waals surface area contributed by atoms with Crippen LogP contribution in [0.1, 0.15) is 48.7 Å². The van der Waals surface area contributed by atoms with Crippen molar-refractivity contribution in [1.82, 2.24) is 4.57 Å². The summed E-state index contributed by atoms with van der Waals surface area (Å²) in [7, 11) is 1.67. The molecule has 4 heterocycles. The van der Waals surface area contributed by atoms with Gasteiger partial charge in [-0.05, 0) is 67.8 Å². The van der Waals surface area contributed by atoms with Gasteiger partial charge in [-0.2, -0.15) is 0 Å². The topological polar surface area (TPSA) is 68.2 Å². The Morgan fingerprint density at radius 2 is 2.08 bits per heavy atom. The molecule has 0 spiro atoms. The molecule has 1 unspecified atom stereocenters. The summed E-state index contributed by atoms with van der Waals surface area (Å²) >= 11 is 1.66. The number of ether oxygens (including phenoxy) is 5. The van der Waals surface area contributed by atoms with Crippen molar-refractivity contribution in [2.75, 3.05) is 33.5 Å². The Labute approximate surface area is 215 Å². The van der Waals surface area contributed by atoms with Gasteiger partial charge in [0.05, 0.1) is 32.6 Å². The molecule has 8 heteroatoms. The lowest BCUT2D eigenvalue weighted by Gasteiger charge is -2.24. The monoisotopic (exact) mass is 511 g/mol. The molecule has 2 aliphatic rings. The number of methoxy groups -OCH3 is 1. The van der Waals surface area contributed by atoms with E-state index in [1.54, 1.807) is 18.4 Å². The van der Waals surface area contributed by atoms with Crippen LogP contribution in [-0.4, -0.2) is 50.4 Å². The van der Waals surface area contributed by atoms with Gasteiger partial charge in [0, 0.05) is 35.6 Å². The summed E-state index contributed by atoms with van der Waals surface area (Å²) in [6, 6.07) is 10.2. The normalized spacial score (nSPS) is 16.8. The van der Waals surface area contributed by atoms with Gasteiger partial charge < -0.3 is 28.3 Å². The Morgan fingerprint density at radius 3 is 2.83 bits per heavy atom. The summed E-state index contributed by atoms with van der Waals surface area (Å²) in [5.41, 5.74) is 4.87. The molecule has 5 rings (SSSR count). The Bertz CT molecular complexity index is 1180. The Kier molecular flexibility index (Phi) is 7.94. The van der Waals surface area contributed by atoms with Gasteiger partial charge in [-0.15, -0.1) is 11.3 Å². The molecule has 0 N–H and O–H groups in total. The first-order chi connectivity index (χ1) is 17.7. The molecule has 192 valence electrons. The van der Waals surface area contributed by atoms with Crippen molar-refractivity contribution in [3.05, 3.63) is 47.0 Å². The van der Waals surface area contributed by atoms with E-state index < -0.39 is 0 Å². The number of fused-ring (bicyclic) bond motifs is 3. The van der Waals surface area contributed by atoms with Crippen molar-refractivity contribution in [1.29, 1.82) is 0 Å². The number of aryl methyl sites for hydroxylation is 1. The van der Waals surface area contributed by atoms with Gasteiger partial charge in [0.1, 0.15) is 5.69 Å². The molecule has 7 nitrogen and oxygen atoms in total. The number of esters is 1. The highest BCUT2D eigenvalue weighted by atomic mass is 32.1. The van der Waals surface area contributed by atoms with E-state index >= 15 is 0 Å². The van der Waals surface area contributed by atoms with E-state index in [1.807, 2.05) is 19.1 Å². The van der Waals surface area contributed by atoms with Crippen LogP contribution in [0.15, 0.2) is 35.7 Å². The molecule has 1 atom stereocenters. The molecule has 1 fully saturated rings. The van der Waals surface area contributed by atoms with E-state index in [0.717, 1.165) is 60.4 Å². The largest absolute Gasteiger partial charge is 0.493 e. The number of hydrogen-bond acceptors (Lipinski definition) is 7. The Hall–Kier alpha value is -2.81. The van der Waals surface area contributed by atoms with Gasteiger partial charge in [-0.3, -0.25) is 0 Å². The second-order valence-electron chi connectivity index (χ2n) is 8.92.